The van der Waals surface area contributed by atoms with Crippen LogP contribution in [-0.2, 0) is 17.8 Å². The van der Waals surface area contributed by atoms with E-state index in [1.165, 1.54) is 12.1 Å². The molecule has 0 unspecified atom stereocenters. The van der Waals surface area contributed by atoms with Gasteiger partial charge in [-0.3, -0.25) is 4.79 Å². The molecule has 1 aliphatic rings. The zero-order valence-corrected chi connectivity index (χ0v) is 13.6. The van der Waals surface area contributed by atoms with Crippen molar-refractivity contribution in [2.75, 3.05) is 6.54 Å². The van der Waals surface area contributed by atoms with Crippen LogP contribution in [0.15, 0.2) is 30.5 Å². The second kappa shape index (κ2) is 5.72. The van der Waals surface area contributed by atoms with Crippen LogP contribution in [0.2, 0.25) is 0 Å². The van der Waals surface area contributed by atoms with Crippen LogP contribution >= 0.6 is 0 Å². The van der Waals surface area contributed by atoms with Crippen molar-refractivity contribution >= 4 is 5.91 Å². The van der Waals surface area contributed by atoms with Crippen molar-refractivity contribution in [1.82, 2.24) is 14.9 Å². The number of carbonyl (C=O) groups excluding carboxylic acids is 1. The highest BCUT2D eigenvalue weighted by Crippen LogP contribution is 2.25. The molecule has 0 bridgehead atoms. The zero-order chi connectivity index (χ0) is 16.6. The maximum Gasteiger partial charge on any atom is 0.228 e. The second-order valence-electron chi connectivity index (χ2n) is 6.90. The predicted octanol–water partition coefficient (Wildman–Crippen LogP) is 3.21. The molecule has 0 fully saturated rings. The van der Waals surface area contributed by atoms with Crippen LogP contribution in [-0.4, -0.2) is 27.3 Å². The van der Waals surface area contributed by atoms with Crippen LogP contribution in [0, 0.1) is 11.2 Å². The molecule has 0 atom stereocenters. The number of fused-ring (bicyclic) bond motifs is 1. The van der Waals surface area contributed by atoms with Crippen LogP contribution < -0.4 is 0 Å². The van der Waals surface area contributed by atoms with Gasteiger partial charge in [-0.15, -0.1) is 0 Å². The van der Waals surface area contributed by atoms with Crippen LogP contribution in [0.3, 0.4) is 0 Å². The molecule has 23 heavy (non-hydrogen) atoms. The van der Waals surface area contributed by atoms with E-state index in [2.05, 4.69) is 9.97 Å². The summed E-state index contributed by atoms with van der Waals surface area (Å²) in [6, 6.07) is 6.16. The van der Waals surface area contributed by atoms with E-state index in [4.69, 9.17) is 0 Å². The smallest absolute Gasteiger partial charge is 0.228 e. The van der Waals surface area contributed by atoms with Gasteiger partial charge in [-0.2, -0.15) is 0 Å². The van der Waals surface area contributed by atoms with E-state index in [-0.39, 0.29) is 17.1 Å². The molecular weight excluding hydrogens is 293 g/mol. The van der Waals surface area contributed by atoms with E-state index in [1.807, 2.05) is 25.7 Å². The maximum atomic E-state index is 13.0. The van der Waals surface area contributed by atoms with Gasteiger partial charge in [-0.25, -0.2) is 14.4 Å². The molecule has 0 aliphatic carbocycles. The van der Waals surface area contributed by atoms with E-state index < -0.39 is 0 Å². The molecular formula is C18H20FN3O. The molecule has 5 heteroatoms. The van der Waals surface area contributed by atoms with Gasteiger partial charge in [-0.05, 0) is 24.3 Å². The minimum absolute atomic E-state index is 0.144. The highest BCUT2D eigenvalue weighted by molar-refractivity contribution is 5.81. The van der Waals surface area contributed by atoms with Gasteiger partial charge < -0.3 is 4.90 Å². The quantitative estimate of drug-likeness (QED) is 0.812. The molecule has 1 aliphatic heterocycles. The van der Waals surface area contributed by atoms with Gasteiger partial charge >= 0.3 is 0 Å². The molecule has 0 radical (unpaired) electrons. The zero-order valence-electron chi connectivity index (χ0n) is 13.6. The van der Waals surface area contributed by atoms with Crippen LogP contribution in [0.25, 0.3) is 11.4 Å². The van der Waals surface area contributed by atoms with Gasteiger partial charge in [0, 0.05) is 42.2 Å². The predicted molar refractivity (Wildman–Crippen MR) is 86.0 cm³/mol. The molecule has 2 aromatic rings. The van der Waals surface area contributed by atoms with Gasteiger partial charge in [0.15, 0.2) is 5.82 Å². The number of halogens is 1. The first kappa shape index (κ1) is 15.6. The Bertz CT molecular complexity index is 735. The number of carbonyl (C=O) groups is 1. The Kier molecular flexibility index (Phi) is 3.88. The van der Waals surface area contributed by atoms with Crippen molar-refractivity contribution < 1.29 is 9.18 Å². The normalized spacial score (nSPS) is 14.5. The Hall–Kier alpha value is -2.30. The third kappa shape index (κ3) is 3.23. The number of hydrogen-bond donors (Lipinski definition) is 0. The average molecular weight is 313 g/mol. The fourth-order valence-corrected chi connectivity index (χ4v) is 2.70. The maximum absolute atomic E-state index is 13.0. The first-order chi connectivity index (χ1) is 10.8. The van der Waals surface area contributed by atoms with Crippen LogP contribution in [0.5, 0.6) is 0 Å². The summed E-state index contributed by atoms with van der Waals surface area (Å²) >= 11 is 0. The molecule has 120 valence electrons. The third-order valence-electron chi connectivity index (χ3n) is 3.97. The van der Waals surface area contributed by atoms with Crippen LogP contribution in [0.1, 0.15) is 32.0 Å². The molecule has 1 aromatic carbocycles. The Balaban J connectivity index is 1.84. The third-order valence-corrected chi connectivity index (χ3v) is 3.97. The van der Waals surface area contributed by atoms with E-state index >= 15 is 0 Å². The summed E-state index contributed by atoms with van der Waals surface area (Å²) in [5.41, 5.74) is 2.37. The number of benzene rings is 1. The molecule has 2 heterocycles. The highest BCUT2D eigenvalue weighted by atomic mass is 19.1. The molecule has 0 N–H and O–H groups in total. The molecule has 1 aromatic heterocycles. The van der Waals surface area contributed by atoms with Gasteiger partial charge in [0.1, 0.15) is 5.82 Å². The molecule has 0 spiro atoms. The van der Waals surface area contributed by atoms with E-state index in [1.54, 1.807) is 18.3 Å². The van der Waals surface area contributed by atoms with Crippen LogP contribution in [0.4, 0.5) is 4.39 Å². The lowest BCUT2D eigenvalue weighted by Crippen LogP contribution is -2.42. The molecule has 1 amide bonds. The lowest BCUT2D eigenvalue weighted by atomic mass is 9.93. The standard InChI is InChI=1S/C18H20FN3O/c1-18(2,3)17(23)22-9-8-15-13(11-22)10-20-16(21-15)12-4-6-14(19)7-5-12/h4-7,10H,8-9,11H2,1-3H3. The number of rotatable bonds is 1. The van der Waals surface area contributed by atoms with E-state index in [0.717, 1.165) is 16.8 Å². The Morgan fingerprint density at radius 2 is 1.91 bits per heavy atom. The summed E-state index contributed by atoms with van der Waals surface area (Å²) in [5.74, 6) is 0.466. The summed E-state index contributed by atoms with van der Waals surface area (Å²) in [4.78, 5) is 23.2. The summed E-state index contributed by atoms with van der Waals surface area (Å²) in [7, 11) is 0. The number of amides is 1. The summed E-state index contributed by atoms with van der Waals surface area (Å²) in [6.45, 7) is 7.01. The number of aromatic nitrogens is 2. The average Bonchev–Trinajstić information content (AvgIpc) is 2.53. The monoisotopic (exact) mass is 313 g/mol. The van der Waals surface area contributed by atoms with Crippen molar-refractivity contribution in [1.29, 1.82) is 0 Å². The minimum Gasteiger partial charge on any atom is -0.337 e. The fraction of sp³-hybridized carbons (Fsp3) is 0.389. The van der Waals surface area contributed by atoms with Crippen molar-refractivity contribution in [3.63, 3.8) is 0 Å². The van der Waals surface area contributed by atoms with Crippen molar-refractivity contribution in [2.24, 2.45) is 5.41 Å². The molecule has 3 rings (SSSR count). The summed E-state index contributed by atoms with van der Waals surface area (Å²) in [5, 5.41) is 0. The van der Waals surface area contributed by atoms with E-state index in [9.17, 15) is 9.18 Å². The molecule has 0 saturated heterocycles. The lowest BCUT2D eigenvalue weighted by Gasteiger charge is -2.33. The topological polar surface area (TPSA) is 46.1 Å². The second-order valence-corrected chi connectivity index (χ2v) is 6.90. The number of hydrogen-bond acceptors (Lipinski definition) is 3. The summed E-state index contributed by atoms with van der Waals surface area (Å²) in [6.07, 6.45) is 2.50. The molecule has 4 nitrogen and oxygen atoms in total. The van der Waals surface area contributed by atoms with Gasteiger partial charge in [0.25, 0.3) is 0 Å². The largest absolute Gasteiger partial charge is 0.337 e. The fourth-order valence-electron chi connectivity index (χ4n) is 2.70. The van der Waals surface area contributed by atoms with Crippen molar-refractivity contribution in [3.05, 3.63) is 47.5 Å². The van der Waals surface area contributed by atoms with Gasteiger partial charge in [0.05, 0.1) is 5.69 Å². The van der Waals surface area contributed by atoms with Crippen molar-refractivity contribution in [3.8, 4) is 11.4 Å². The number of nitrogens with zero attached hydrogens (tertiary/aromatic N) is 3. The Morgan fingerprint density at radius 1 is 1.22 bits per heavy atom. The lowest BCUT2D eigenvalue weighted by molar-refractivity contribution is -0.140. The summed E-state index contributed by atoms with van der Waals surface area (Å²) < 4.78 is 13.0. The first-order valence-electron chi connectivity index (χ1n) is 7.75. The SMILES string of the molecule is CC(C)(C)C(=O)N1CCc2nc(-c3ccc(F)cc3)ncc2C1. The van der Waals surface area contributed by atoms with Gasteiger partial charge in [0.2, 0.25) is 5.91 Å². The minimum atomic E-state index is -0.383. The highest BCUT2D eigenvalue weighted by Gasteiger charge is 2.30. The van der Waals surface area contributed by atoms with E-state index in [0.29, 0.717) is 25.3 Å². The Morgan fingerprint density at radius 3 is 2.57 bits per heavy atom. The van der Waals surface area contributed by atoms with Crippen molar-refractivity contribution in [2.45, 2.75) is 33.7 Å². The molecule has 0 saturated carbocycles. The Labute approximate surface area is 135 Å². The van der Waals surface area contributed by atoms with Gasteiger partial charge in [-0.1, -0.05) is 20.8 Å². The first-order valence-corrected chi connectivity index (χ1v) is 7.75.